The van der Waals surface area contributed by atoms with Gasteiger partial charge in [0, 0.05) is 12.1 Å². The van der Waals surface area contributed by atoms with Gasteiger partial charge in [0.05, 0.1) is 26.4 Å². The van der Waals surface area contributed by atoms with Crippen LogP contribution in [0.15, 0.2) is 42.5 Å². The van der Waals surface area contributed by atoms with Crippen LogP contribution in [0, 0.1) is 0 Å². The number of hydrogen-bond donors (Lipinski definition) is 2. The van der Waals surface area contributed by atoms with Gasteiger partial charge in [0.1, 0.15) is 11.5 Å². The predicted octanol–water partition coefficient (Wildman–Crippen LogP) is 2.63. The van der Waals surface area contributed by atoms with Crippen LogP contribution in [-0.2, 0) is 18.5 Å². The van der Waals surface area contributed by atoms with Gasteiger partial charge in [-0.2, -0.15) is 0 Å². The molecule has 0 aliphatic heterocycles. The van der Waals surface area contributed by atoms with Crippen molar-refractivity contribution in [3.05, 3.63) is 59.2 Å². The lowest BCUT2D eigenvalue weighted by Crippen LogP contribution is -2.43. The minimum Gasteiger partial charge on any atom is -0.497 e. The molecule has 0 aromatic heterocycles. The van der Waals surface area contributed by atoms with Crippen LogP contribution in [0.4, 0.5) is 0 Å². The van der Waals surface area contributed by atoms with Crippen LogP contribution in [0.25, 0.3) is 0 Å². The third-order valence-corrected chi connectivity index (χ3v) is 4.73. The molecule has 0 bridgehead atoms. The zero-order valence-corrected chi connectivity index (χ0v) is 13.6. The van der Waals surface area contributed by atoms with Crippen molar-refractivity contribution in [1.29, 1.82) is 0 Å². The first-order chi connectivity index (χ1) is 11.2. The van der Waals surface area contributed by atoms with Gasteiger partial charge in [-0.25, -0.2) is 0 Å². The molecule has 1 aliphatic carbocycles. The van der Waals surface area contributed by atoms with Crippen LogP contribution in [0.3, 0.4) is 0 Å². The van der Waals surface area contributed by atoms with E-state index in [9.17, 15) is 5.11 Å². The van der Waals surface area contributed by atoms with Crippen molar-refractivity contribution < 1.29 is 14.6 Å². The molecule has 1 aliphatic rings. The first-order valence-electron chi connectivity index (χ1n) is 7.87. The van der Waals surface area contributed by atoms with Crippen molar-refractivity contribution in [3.63, 3.8) is 0 Å². The van der Waals surface area contributed by atoms with Crippen molar-refractivity contribution in [3.8, 4) is 11.5 Å². The summed E-state index contributed by atoms with van der Waals surface area (Å²) in [4.78, 5) is 0. The molecule has 0 saturated heterocycles. The highest BCUT2D eigenvalue weighted by Gasteiger charge is 2.37. The SMILES string of the molecule is COc1ccc(OC)c(CNC2(CO)CCc3ccccc32)c1. The quantitative estimate of drug-likeness (QED) is 0.861. The minimum absolute atomic E-state index is 0.0797. The van der Waals surface area contributed by atoms with Crippen LogP contribution < -0.4 is 14.8 Å². The monoisotopic (exact) mass is 313 g/mol. The number of methoxy groups -OCH3 is 2. The third-order valence-electron chi connectivity index (χ3n) is 4.73. The van der Waals surface area contributed by atoms with Crippen molar-refractivity contribution >= 4 is 0 Å². The van der Waals surface area contributed by atoms with E-state index in [2.05, 4.69) is 23.5 Å². The predicted molar refractivity (Wildman–Crippen MR) is 89.9 cm³/mol. The van der Waals surface area contributed by atoms with Gasteiger partial charge in [-0.05, 0) is 42.2 Å². The molecule has 1 atom stereocenters. The van der Waals surface area contributed by atoms with Crippen molar-refractivity contribution in [2.24, 2.45) is 0 Å². The van der Waals surface area contributed by atoms with Crippen LogP contribution in [0.5, 0.6) is 11.5 Å². The molecule has 4 heteroatoms. The smallest absolute Gasteiger partial charge is 0.123 e. The Morgan fingerprint density at radius 2 is 1.96 bits per heavy atom. The maximum Gasteiger partial charge on any atom is 0.123 e. The van der Waals surface area contributed by atoms with E-state index in [0.717, 1.165) is 29.9 Å². The van der Waals surface area contributed by atoms with Gasteiger partial charge in [-0.15, -0.1) is 0 Å². The Morgan fingerprint density at radius 1 is 1.13 bits per heavy atom. The molecule has 23 heavy (non-hydrogen) atoms. The second-order valence-corrected chi connectivity index (χ2v) is 5.93. The van der Waals surface area contributed by atoms with E-state index in [0.29, 0.717) is 6.54 Å². The van der Waals surface area contributed by atoms with E-state index in [4.69, 9.17) is 9.47 Å². The summed E-state index contributed by atoms with van der Waals surface area (Å²) in [6.45, 7) is 0.686. The summed E-state index contributed by atoms with van der Waals surface area (Å²) >= 11 is 0. The fourth-order valence-corrected chi connectivity index (χ4v) is 3.38. The lowest BCUT2D eigenvalue weighted by molar-refractivity contribution is 0.158. The molecule has 3 rings (SSSR count). The van der Waals surface area contributed by atoms with Crippen molar-refractivity contribution in [2.75, 3.05) is 20.8 Å². The van der Waals surface area contributed by atoms with E-state index >= 15 is 0 Å². The average Bonchev–Trinajstić information content (AvgIpc) is 2.99. The number of benzene rings is 2. The highest BCUT2D eigenvalue weighted by atomic mass is 16.5. The summed E-state index contributed by atoms with van der Waals surface area (Å²) in [5.41, 5.74) is 3.14. The number of fused-ring (bicyclic) bond motifs is 1. The third kappa shape index (κ3) is 2.92. The zero-order valence-electron chi connectivity index (χ0n) is 13.6. The van der Waals surface area contributed by atoms with Gasteiger partial charge < -0.3 is 19.9 Å². The van der Waals surface area contributed by atoms with Crippen molar-refractivity contribution in [2.45, 2.75) is 24.9 Å². The van der Waals surface area contributed by atoms with E-state index in [1.807, 2.05) is 24.3 Å². The number of aliphatic hydroxyl groups excluding tert-OH is 1. The summed E-state index contributed by atoms with van der Waals surface area (Å²) in [6.07, 6.45) is 1.88. The first kappa shape index (κ1) is 15.8. The molecule has 2 aromatic rings. The molecule has 2 N–H and O–H groups in total. The minimum atomic E-state index is -0.384. The van der Waals surface area contributed by atoms with E-state index < -0.39 is 0 Å². The Hall–Kier alpha value is -2.04. The molecule has 0 spiro atoms. The second kappa shape index (κ2) is 6.60. The van der Waals surface area contributed by atoms with Crippen molar-refractivity contribution in [1.82, 2.24) is 5.32 Å². The average molecular weight is 313 g/mol. The summed E-state index contributed by atoms with van der Waals surface area (Å²) in [5.74, 6) is 1.62. The second-order valence-electron chi connectivity index (χ2n) is 5.93. The topological polar surface area (TPSA) is 50.7 Å². The highest BCUT2D eigenvalue weighted by molar-refractivity contribution is 5.42. The Balaban J connectivity index is 1.85. The maximum atomic E-state index is 10.1. The molecule has 0 heterocycles. The number of rotatable bonds is 6. The van der Waals surface area contributed by atoms with E-state index in [-0.39, 0.29) is 12.1 Å². The Kier molecular flexibility index (Phi) is 4.55. The van der Waals surface area contributed by atoms with Gasteiger partial charge in [-0.3, -0.25) is 0 Å². The number of hydrogen-bond acceptors (Lipinski definition) is 4. The van der Waals surface area contributed by atoms with Gasteiger partial charge in [0.15, 0.2) is 0 Å². The Bertz CT molecular complexity index is 686. The zero-order chi connectivity index (χ0) is 16.3. The summed E-state index contributed by atoms with van der Waals surface area (Å²) in [6, 6.07) is 14.1. The van der Waals surface area contributed by atoms with Crippen LogP contribution in [0.1, 0.15) is 23.1 Å². The maximum absolute atomic E-state index is 10.1. The molecular formula is C19H23NO3. The molecule has 0 saturated carbocycles. The molecule has 1 unspecified atom stereocenters. The Labute approximate surface area is 137 Å². The molecule has 0 radical (unpaired) electrons. The highest BCUT2D eigenvalue weighted by Crippen LogP contribution is 2.37. The molecular weight excluding hydrogens is 290 g/mol. The van der Waals surface area contributed by atoms with Gasteiger partial charge in [0.2, 0.25) is 0 Å². The van der Waals surface area contributed by atoms with Gasteiger partial charge >= 0.3 is 0 Å². The lowest BCUT2D eigenvalue weighted by atomic mass is 9.92. The van der Waals surface area contributed by atoms with Crippen LogP contribution >= 0.6 is 0 Å². The summed E-state index contributed by atoms with van der Waals surface area (Å²) in [7, 11) is 3.32. The summed E-state index contributed by atoms with van der Waals surface area (Å²) < 4.78 is 10.7. The number of nitrogens with one attached hydrogen (secondary N) is 1. The fraction of sp³-hybridized carbons (Fsp3) is 0.368. The molecule has 122 valence electrons. The number of aliphatic hydroxyl groups is 1. The Morgan fingerprint density at radius 3 is 2.70 bits per heavy atom. The van der Waals surface area contributed by atoms with Crippen LogP contribution in [-0.4, -0.2) is 25.9 Å². The summed E-state index contributed by atoms with van der Waals surface area (Å²) in [5, 5.41) is 13.6. The first-order valence-corrected chi connectivity index (χ1v) is 7.87. The molecule has 0 fully saturated rings. The van der Waals surface area contributed by atoms with Crippen LogP contribution in [0.2, 0.25) is 0 Å². The van der Waals surface area contributed by atoms with Gasteiger partial charge in [-0.1, -0.05) is 24.3 Å². The van der Waals surface area contributed by atoms with Gasteiger partial charge in [0.25, 0.3) is 0 Å². The molecule has 4 nitrogen and oxygen atoms in total. The standard InChI is InChI=1S/C19H23NO3/c1-22-16-7-8-18(23-2)15(11-16)12-20-19(13-21)10-9-14-5-3-4-6-17(14)19/h3-8,11,20-21H,9-10,12-13H2,1-2H3. The molecule has 2 aromatic carbocycles. The number of aryl methyl sites for hydroxylation is 1. The largest absolute Gasteiger partial charge is 0.497 e. The molecule has 0 amide bonds. The fourth-order valence-electron chi connectivity index (χ4n) is 3.38. The lowest BCUT2D eigenvalue weighted by Gasteiger charge is -2.30. The van der Waals surface area contributed by atoms with E-state index in [1.165, 1.54) is 11.1 Å². The normalized spacial score (nSPS) is 19.4. The number of ether oxygens (including phenoxy) is 2. The van der Waals surface area contributed by atoms with E-state index in [1.54, 1.807) is 14.2 Å².